The van der Waals surface area contributed by atoms with Crippen molar-refractivity contribution in [2.75, 3.05) is 14.2 Å². The first-order valence-corrected chi connectivity index (χ1v) is 11.6. The van der Waals surface area contributed by atoms with Gasteiger partial charge in [-0.1, -0.05) is 31.4 Å². The van der Waals surface area contributed by atoms with E-state index in [1.54, 1.807) is 43.9 Å². The standard InChI is InChI=1S/C25H26N4O2S/c1-30-21-12-13-22(24(14-21)31-2)23-17-32-25(28-20-6-4-3-5-7-20)29(23)27-16-19-10-8-18(15-26)9-11-19/h8-14,16-17,20H,3-7H2,1-2H3. The van der Waals surface area contributed by atoms with E-state index >= 15 is 0 Å². The Labute approximate surface area is 192 Å². The fourth-order valence-corrected chi connectivity index (χ4v) is 4.73. The summed E-state index contributed by atoms with van der Waals surface area (Å²) in [5.74, 6) is 1.45. The SMILES string of the molecule is COc1ccc(-c2csc(=NC3CCCCC3)n2N=Cc2ccc(C#N)cc2)c(OC)c1. The van der Waals surface area contributed by atoms with Crippen LogP contribution in [0.2, 0.25) is 0 Å². The summed E-state index contributed by atoms with van der Waals surface area (Å²) in [5.41, 5.74) is 3.38. The maximum atomic E-state index is 9.03. The fraction of sp³-hybridized carbons (Fsp3) is 0.320. The molecule has 0 bridgehead atoms. The van der Waals surface area contributed by atoms with Gasteiger partial charge >= 0.3 is 0 Å². The molecule has 2 aromatic carbocycles. The number of nitrogens with zero attached hydrogens (tertiary/aromatic N) is 4. The van der Waals surface area contributed by atoms with Gasteiger partial charge in [0, 0.05) is 17.0 Å². The molecule has 0 radical (unpaired) electrons. The Bertz CT molecular complexity index is 1200. The molecule has 4 rings (SSSR count). The van der Waals surface area contributed by atoms with Crippen LogP contribution in [-0.4, -0.2) is 31.2 Å². The van der Waals surface area contributed by atoms with Crippen molar-refractivity contribution in [2.24, 2.45) is 10.1 Å². The van der Waals surface area contributed by atoms with Crippen molar-refractivity contribution < 1.29 is 9.47 Å². The van der Waals surface area contributed by atoms with E-state index in [0.717, 1.165) is 40.2 Å². The molecule has 0 amide bonds. The Morgan fingerprint density at radius 2 is 1.84 bits per heavy atom. The van der Waals surface area contributed by atoms with Gasteiger partial charge in [-0.2, -0.15) is 10.4 Å². The number of thiazole rings is 1. The third-order valence-corrected chi connectivity index (χ3v) is 6.43. The minimum atomic E-state index is 0.337. The van der Waals surface area contributed by atoms with Gasteiger partial charge in [-0.05, 0) is 42.7 Å². The molecule has 1 aromatic heterocycles. The zero-order chi connectivity index (χ0) is 22.3. The summed E-state index contributed by atoms with van der Waals surface area (Å²) >= 11 is 1.59. The van der Waals surface area contributed by atoms with E-state index in [1.165, 1.54) is 19.3 Å². The molecule has 1 aliphatic carbocycles. The van der Waals surface area contributed by atoms with E-state index in [4.69, 9.17) is 24.8 Å². The molecule has 32 heavy (non-hydrogen) atoms. The lowest BCUT2D eigenvalue weighted by atomic mass is 9.96. The highest BCUT2D eigenvalue weighted by Crippen LogP contribution is 2.33. The number of methoxy groups -OCH3 is 2. The molecule has 164 valence electrons. The van der Waals surface area contributed by atoms with Gasteiger partial charge in [0.1, 0.15) is 11.5 Å². The lowest BCUT2D eigenvalue weighted by Gasteiger charge is -2.17. The highest BCUT2D eigenvalue weighted by molar-refractivity contribution is 7.07. The molecule has 0 spiro atoms. The summed E-state index contributed by atoms with van der Waals surface area (Å²) in [4.78, 5) is 5.92. The van der Waals surface area contributed by atoms with Crippen molar-refractivity contribution in [3.8, 4) is 28.8 Å². The number of nitriles is 1. The molecule has 0 unspecified atom stereocenters. The smallest absolute Gasteiger partial charge is 0.206 e. The lowest BCUT2D eigenvalue weighted by Crippen LogP contribution is -2.19. The van der Waals surface area contributed by atoms with Gasteiger partial charge in [-0.3, -0.25) is 4.99 Å². The van der Waals surface area contributed by atoms with Gasteiger partial charge in [-0.25, -0.2) is 4.68 Å². The minimum absolute atomic E-state index is 0.337. The third-order valence-electron chi connectivity index (χ3n) is 5.60. The van der Waals surface area contributed by atoms with Crippen LogP contribution in [0.3, 0.4) is 0 Å². The number of ether oxygens (including phenoxy) is 2. The zero-order valence-corrected chi connectivity index (χ0v) is 19.1. The first kappa shape index (κ1) is 21.8. The van der Waals surface area contributed by atoms with Crippen LogP contribution in [0.4, 0.5) is 0 Å². The summed E-state index contributed by atoms with van der Waals surface area (Å²) in [7, 11) is 3.30. The topological polar surface area (TPSA) is 71.9 Å². The molecule has 1 fully saturated rings. The van der Waals surface area contributed by atoms with Gasteiger partial charge < -0.3 is 9.47 Å². The van der Waals surface area contributed by atoms with Gasteiger partial charge in [0.2, 0.25) is 4.80 Å². The highest BCUT2D eigenvalue weighted by atomic mass is 32.1. The second-order valence-corrected chi connectivity index (χ2v) is 8.52. The van der Waals surface area contributed by atoms with Gasteiger partial charge in [-0.15, -0.1) is 11.3 Å². The Hall–Kier alpha value is -3.37. The molecular weight excluding hydrogens is 420 g/mol. The molecule has 0 N–H and O–H groups in total. The fourth-order valence-electron chi connectivity index (χ4n) is 3.83. The van der Waals surface area contributed by atoms with Crippen LogP contribution in [0.15, 0.2) is 57.9 Å². The predicted octanol–water partition coefficient (Wildman–Crippen LogP) is 5.22. The quantitative estimate of drug-likeness (QED) is 0.487. The van der Waals surface area contributed by atoms with Crippen LogP contribution in [0, 0.1) is 11.3 Å². The normalized spacial score (nSPS) is 15.1. The van der Waals surface area contributed by atoms with Gasteiger partial charge in [0.15, 0.2) is 0 Å². The van der Waals surface area contributed by atoms with Crippen molar-refractivity contribution in [3.05, 3.63) is 63.8 Å². The van der Waals surface area contributed by atoms with E-state index in [1.807, 2.05) is 35.0 Å². The second-order valence-electron chi connectivity index (χ2n) is 7.68. The number of hydrogen-bond acceptors (Lipinski definition) is 6. The highest BCUT2D eigenvalue weighted by Gasteiger charge is 2.16. The monoisotopic (exact) mass is 446 g/mol. The maximum absolute atomic E-state index is 9.03. The maximum Gasteiger partial charge on any atom is 0.206 e. The van der Waals surface area contributed by atoms with Crippen molar-refractivity contribution in [1.82, 2.24) is 4.68 Å². The third kappa shape index (κ3) is 4.92. The average Bonchev–Trinajstić information content (AvgIpc) is 3.25. The van der Waals surface area contributed by atoms with E-state index in [0.29, 0.717) is 17.4 Å². The van der Waals surface area contributed by atoms with E-state index in [9.17, 15) is 0 Å². The van der Waals surface area contributed by atoms with E-state index < -0.39 is 0 Å². The molecule has 0 atom stereocenters. The van der Waals surface area contributed by atoms with Crippen LogP contribution < -0.4 is 14.3 Å². The van der Waals surface area contributed by atoms with Crippen LogP contribution in [-0.2, 0) is 0 Å². The van der Waals surface area contributed by atoms with Gasteiger partial charge in [0.05, 0.1) is 43.8 Å². The Morgan fingerprint density at radius 3 is 2.53 bits per heavy atom. The van der Waals surface area contributed by atoms with Crippen LogP contribution in [0.25, 0.3) is 11.3 Å². The number of aromatic nitrogens is 1. The van der Waals surface area contributed by atoms with Crippen molar-refractivity contribution >= 4 is 17.6 Å². The zero-order valence-electron chi connectivity index (χ0n) is 18.3. The van der Waals surface area contributed by atoms with Crippen LogP contribution in [0.5, 0.6) is 11.5 Å². The Morgan fingerprint density at radius 1 is 1.06 bits per heavy atom. The second kappa shape index (κ2) is 10.3. The number of hydrogen-bond donors (Lipinski definition) is 0. The van der Waals surface area contributed by atoms with Crippen molar-refractivity contribution in [1.29, 1.82) is 5.26 Å². The Kier molecular flexibility index (Phi) is 7.03. The molecule has 0 saturated heterocycles. The summed E-state index contributed by atoms with van der Waals surface area (Å²) in [6, 6.07) is 15.6. The molecule has 1 aliphatic rings. The summed E-state index contributed by atoms with van der Waals surface area (Å²) < 4.78 is 12.9. The van der Waals surface area contributed by atoms with Crippen LogP contribution in [0.1, 0.15) is 43.2 Å². The molecular formula is C25H26N4O2S. The van der Waals surface area contributed by atoms with Crippen molar-refractivity contribution in [2.45, 2.75) is 38.1 Å². The Balaban J connectivity index is 1.79. The number of rotatable bonds is 6. The summed E-state index contributed by atoms with van der Waals surface area (Å²) in [6.07, 6.45) is 7.80. The predicted molar refractivity (Wildman–Crippen MR) is 127 cm³/mol. The summed E-state index contributed by atoms with van der Waals surface area (Å²) in [6.45, 7) is 0. The average molecular weight is 447 g/mol. The van der Waals surface area contributed by atoms with Crippen LogP contribution >= 0.6 is 11.3 Å². The first-order chi connectivity index (χ1) is 15.7. The molecule has 7 heteroatoms. The van der Waals surface area contributed by atoms with E-state index in [2.05, 4.69) is 11.4 Å². The molecule has 3 aromatic rings. The lowest BCUT2D eigenvalue weighted by molar-refractivity contribution is 0.395. The summed E-state index contributed by atoms with van der Waals surface area (Å²) in [5, 5.41) is 15.9. The molecule has 6 nitrogen and oxygen atoms in total. The largest absolute Gasteiger partial charge is 0.497 e. The molecule has 1 saturated carbocycles. The molecule has 0 aliphatic heterocycles. The van der Waals surface area contributed by atoms with Gasteiger partial charge in [0.25, 0.3) is 0 Å². The molecule has 1 heterocycles. The van der Waals surface area contributed by atoms with Crippen molar-refractivity contribution in [3.63, 3.8) is 0 Å². The minimum Gasteiger partial charge on any atom is -0.497 e. The van der Waals surface area contributed by atoms with E-state index in [-0.39, 0.29) is 0 Å². The first-order valence-electron chi connectivity index (χ1n) is 10.7. The number of benzene rings is 2.